The molecular formula is FN3O4. The summed E-state index contributed by atoms with van der Waals surface area (Å²) in [5.41, 5.74) is 0. The van der Waals surface area contributed by atoms with Crippen LogP contribution in [0.25, 0.3) is 0 Å². The van der Waals surface area contributed by atoms with Crippen molar-refractivity contribution in [3.05, 3.63) is 20.2 Å². The molecule has 0 saturated carbocycles. The van der Waals surface area contributed by atoms with E-state index in [1.165, 1.54) is 0 Å². The molecule has 0 aliphatic rings. The molecule has 0 radical (unpaired) electrons. The summed E-state index contributed by atoms with van der Waals surface area (Å²) in [6.07, 6.45) is 0. The first-order chi connectivity index (χ1) is 3.55. The summed E-state index contributed by atoms with van der Waals surface area (Å²) in [5.74, 6) is 0. The fourth-order valence-corrected chi connectivity index (χ4v) is 0.0596. The Balaban J connectivity index is 3.83. The summed E-state index contributed by atoms with van der Waals surface area (Å²) in [6.45, 7) is 0. The van der Waals surface area contributed by atoms with Gasteiger partial charge in [-0.1, -0.05) is 0 Å². The smallest absolute Gasteiger partial charge is 0.228 e. The zero-order valence-electron chi connectivity index (χ0n) is 3.35. The van der Waals surface area contributed by atoms with Crippen molar-refractivity contribution in [3.63, 3.8) is 0 Å². The largest absolute Gasteiger partial charge is 0.372 e. The molecule has 0 spiro atoms. The van der Waals surface area contributed by atoms with Crippen LogP contribution in [0.3, 0.4) is 0 Å². The molecular weight excluding hydrogens is 125 g/mol. The first-order valence-corrected chi connectivity index (χ1v) is 1.30. The lowest BCUT2D eigenvalue weighted by molar-refractivity contribution is -0.952. The molecule has 7 nitrogen and oxygen atoms in total. The average Bonchev–Trinajstić information content (AvgIpc) is 1.64. The first-order valence-electron chi connectivity index (χ1n) is 1.30. The Kier molecular flexibility index (Phi) is 1.63. The molecule has 0 aliphatic carbocycles. The molecule has 8 heavy (non-hydrogen) atoms. The Morgan fingerprint density at radius 2 is 1.50 bits per heavy atom. The van der Waals surface area contributed by atoms with Gasteiger partial charge in [0, 0.05) is 4.48 Å². The maximum Gasteiger partial charge on any atom is 0.372 e. The molecule has 0 aromatic rings. The van der Waals surface area contributed by atoms with E-state index in [1.807, 2.05) is 0 Å². The van der Waals surface area contributed by atoms with Crippen molar-refractivity contribution in [2.24, 2.45) is 0 Å². The summed E-state index contributed by atoms with van der Waals surface area (Å²) >= 11 is 0. The Morgan fingerprint density at radius 1 is 1.25 bits per heavy atom. The summed E-state index contributed by atoms with van der Waals surface area (Å²) in [4.78, 5) is 18.1. The van der Waals surface area contributed by atoms with E-state index in [0.717, 1.165) is 0 Å². The Labute approximate surface area is 41.5 Å². The van der Waals surface area contributed by atoms with Gasteiger partial charge in [0.15, 0.2) is 0 Å². The van der Waals surface area contributed by atoms with Crippen LogP contribution in [0.1, 0.15) is 0 Å². The van der Waals surface area contributed by atoms with E-state index in [9.17, 15) is 4.48 Å². The molecule has 0 aromatic carbocycles. The third kappa shape index (κ3) is 1.32. The monoisotopic (exact) mass is 125 g/mol. The molecule has 0 rings (SSSR count). The zero-order valence-corrected chi connectivity index (χ0v) is 3.35. The van der Waals surface area contributed by atoms with Crippen LogP contribution in [-0.4, -0.2) is 15.4 Å². The standard InChI is InChI=1S/FN3O4/c1-2(3(5)6)4(7)8. The normalized spacial score (nSPS) is 8.12. The molecule has 0 aliphatic heterocycles. The van der Waals surface area contributed by atoms with Crippen LogP contribution in [0.15, 0.2) is 0 Å². The van der Waals surface area contributed by atoms with Crippen molar-refractivity contribution in [1.82, 2.24) is 5.34 Å². The second kappa shape index (κ2) is 2.00. The summed E-state index contributed by atoms with van der Waals surface area (Å²) < 4.78 is 11.1. The van der Waals surface area contributed by atoms with E-state index >= 15 is 0 Å². The molecule has 8 heteroatoms. The first kappa shape index (κ1) is 6.53. The highest BCUT2D eigenvalue weighted by Gasteiger charge is 2.26. The van der Waals surface area contributed by atoms with Gasteiger partial charge in [-0.3, -0.25) is 0 Å². The van der Waals surface area contributed by atoms with E-state index in [0.29, 0.717) is 0 Å². The molecule has 0 aromatic heterocycles. The van der Waals surface area contributed by atoms with Crippen LogP contribution in [0, 0.1) is 20.2 Å². The summed E-state index contributed by atoms with van der Waals surface area (Å²) in [7, 11) is 0. The average molecular weight is 125 g/mol. The van der Waals surface area contributed by atoms with Gasteiger partial charge < -0.3 is 0 Å². The topological polar surface area (TPSA) is 89.5 Å². The third-order valence-electron chi connectivity index (χ3n) is 0.270. The minimum absolute atomic E-state index is 1.72. The third-order valence-corrected chi connectivity index (χ3v) is 0.270. The van der Waals surface area contributed by atoms with Gasteiger partial charge in [-0.25, -0.2) is 20.2 Å². The highest BCUT2D eigenvalue weighted by molar-refractivity contribution is 3.96. The molecule has 46 valence electrons. The lowest BCUT2D eigenvalue weighted by Crippen LogP contribution is -2.26. The molecule has 0 amide bonds. The van der Waals surface area contributed by atoms with E-state index in [1.54, 1.807) is 0 Å². The SMILES string of the molecule is O=[N+]([O-])N(F)[N+](=O)[O-]. The van der Waals surface area contributed by atoms with Gasteiger partial charge in [0.05, 0.1) is 0 Å². The van der Waals surface area contributed by atoms with E-state index in [2.05, 4.69) is 0 Å². The number of hydrogen-bond donors (Lipinski definition) is 0. The van der Waals surface area contributed by atoms with Gasteiger partial charge in [0.2, 0.25) is 0 Å². The van der Waals surface area contributed by atoms with Gasteiger partial charge >= 0.3 is 5.34 Å². The highest BCUT2D eigenvalue weighted by atomic mass is 19.2. The highest BCUT2D eigenvalue weighted by Crippen LogP contribution is 1.85. The lowest BCUT2D eigenvalue weighted by atomic mass is 12.3. The van der Waals surface area contributed by atoms with Crippen LogP contribution in [0.5, 0.6) is 0 Å². The van der Waals surface area contributed by atoms with E-state index < -0.39 is 15.4 Å². The quantitative estimate of drug-likeness (QED) is 0.283. The van der Waals surface area contributed by atoms with Gasteiger partial charge in [-0.2, -0.15) is 0 Å². The minimum Gasteiger partial charge on any atom is -0.228 e. The number of rotatable bonds is 2. The van der Waals surface area contributed by atoms with Crippen LogP contribution < -0.4 is 0 Å². The number of hydrogen-bond acceptors (Lipinski definition) is 4. The molecule has 0 unspecified atom stereocenters. The number of nitro groups is 2. The van der Waals surface area contributed by atoms with E-state index in [-0.39, 0.29) is 0 Å². The fourth-order valence-electron chi connectivity index (χ4n) is 0.0596. The lowest BCUT2D eigenvalue weighted by Gasteiger charge is -1.85. The summed E-state index contributed by atoms with van der Waals surface area (Å²) in [5, 5.41) is 12.8. The summed E-state index contributed by atoms with van der Waals surface area (Å²) in [6, 6.07) is 0. The Morgan fingerprint density at radius 3 is 1.50 bits per heavy atom. The zero-order chi connectivity index (χ0) is 6.73. The van der Waals surface area contributed by atoms with Crippen LogP contribution in [-0.2, 0) is 0 Å². The van der Waals surface area contributed by atoms with Gasteiger partial charge in [-0.15, -0.1) is 0 Å². The van der Waals surface area contributed by atoms with Gasteiger partial charge in [0.1, 0.15) is 0 Å². The van der Waals surface area contributed by atoms with Gasteiger partial charge in [-0.05, 0) is 0 Å². The predicted octanol–water partition coefficient (Wildman–Crippen LogP) is -0.444. The molecule has 0 saturated heterocycles. The molecule has 0 fully saturated rings. The number of hydrazine groups is 2. The Bertz CT molecular complexity index is 106. The maximum absolute atomic E-state index is 11.1. The van der Waals surface area contributed by atoms with Crippen LogP contribution >= 0.6 is 0 Å². The van der Waals surface area contributed by atoms with Crippen molar-refractivity contribution in [3.8, 4) is 0 Å². The van der Waals surface area contributed by atoms with Crippen molar-refractivity contribution in [2.75, 3.05) is 0 Å². The molecule has 0 atom stereocenters. The molecule has 0 heterocycles. The van der Waals surface area contributed by atoms with E-state index in [4.69, 9.17) is 20.2 Å². The number of halogens is 1. The van der Waals surface area contributed by atoms with Crippen molar-refractivity contribution >= 4 is 0 Å². The molecule has 0 bridgehead atoms. The molecule has 0 N–H and O–H groups in total. The van der Waals surface area contributed by atoms with Crippen molar-refractivity contribution in [2.45, 2.75) is 0 Å². The Hall–Kier alpha value is -1.47. The fraction of sp³-hybridized carbons (Fsp3) is 0. The van der Waals surface area contributed by atoms with Crippen LogP contribution in [0.2, 0.25) is 0 Å². The van der Waals surface area contributed by atoms with Crippen LogP contribution in [0.4, 0.5) is 4.48 Å². The minimum atomic E-state index is -1.79. The second-order valence-electron chi connectivity index (χ2n) is 0.716. The second-order valence-corrected chi connectivity index (χ2v) is 0.716. The predicted molar refractivity (Wildman–Crippen MR) is 16.9 cm³/mol. The maximum atomic E-state index is 11.1. The van der Waals surface area contributed by atoms with Crippen molar-refractivity contribution < 1.29 is 14.5 Å². The number of nitrogens with zero attached hydrogens (tertiary/aromatic N) is 3. The van der Waals surface area contributed by atoms with Crippen molar-refractivity contribution in [1.29, 1.82) is 0 Å². The van der Waals surface area contributed by atoms with Gasteiger partial charge in [0.25, 0.3) is 10.1 Å².